The summed E-state index contributed by atoms with van der Waals surface area (Å²) in [6.45, 7) is 2.96. The Kier molecular flexibility index (Phi) is 3.80. The van der Waals surface area contributed by atoms with E-state index in [1.165, 1.54) is 6.07 Å². The van der Waals surface area contributed by atoms with Gasteiger partial charge in [0.05, 0.1) is 4.92 Å². The van der Waals surface area contributed by atoms with Crippen molar-refractivity contribution in [2.24, 2.45) is 0 Å². The first-order valence-electron chi connectivity index (χ1n) is 6.25. The SMILES string of the molecule is CNC1CCN(C(=O)c2cccc([N+](=O)[O-])c2C)C1. The first-order chi connectivity index (χ1) is 9.04. The minimum atomic E-state index is -0.452. The van der Waals surface area contributed by atoms with Gasteiger partial charge in [-0.3, -0.25) is 14.9 Å². The molecule has 1 aliphatic rings. The van der Waals surface area contributed by atoms with Crippen molar-refractivity contribution in [1.82, 2.24) is 10.2 Å². The van der Waals surface area contributed by atoms with Crippen LogP contribution in [-0.2, 0) is 0 Å². The maximum absolute atomic E-state index is 12.4. The Morgan fingerprint density at radius 3 is 2.84 bits per heavy atom. The summed E-state index contributed by atoms with van der Waals surface area (Å²) in [7, 11) is 1.87. The number of nitrogens with one attached hydrogen (secondary N) is 1. The lowest BCUT2D eigenvalue weighted by Gasteiger charge is -2.17. The highest BCUT2D eigenvalue weighted by Gasteiger charge is 2.28. The van der Waals surface area contributed by atoms with E-state index in [0.717, 1.165) is 6.42 Å². The molecule has 0 aromatic heterocycles. The van der Waals surface area contributed by atoms with Crippen molar-refractivity contribution in [1.29, 1.82) is 0 Å². The van der Waals surface area contributed by atoms with Gasteiger partial charge >= 0.3 is 0 Å². The van der Waals surface area contributed by atoms with Gasteiger partial charge < -0.3 is 10.2 Å². The fraction of sp³-hybridized carbons (Fsp3) is 0.462. The molecule has 0 aliphatic carbocycles. The van der Waals surface area contributed by atoms with Gasteiger partial charge in [0.2, 0.25) is 0 Å². The van der Waals surface area contributed by atoms with E-state index in [-0.39, 0.29) is 11.6 Å². The van der Waals surface area contributed by atoms with Crippen LogP contribution in [0.3, 0.4) is 0 Å². The Morgan fingerprint density at radius 2 is 2.26 bits per heavy atom. The maximum Gasteiger partial charge on any atom is 0.273 e. The van der Waals surface area contributed by atoms with Gasteiger partial charge in [0.25, 0.3) is 11.6 Å². The summed E-state index contributed by atoms with van der Waals surface area (Å²) in [6.07, 6.45) is 0.913. The van der Waals surface area contributed by atoms with Gasteiger partial charge in [0.1, 0.15) is 0 Å². The summed E-state index contributed by atoms with van der Waals surface area (Å²) in [4.78, 5) is 24.6. The van der Waals surface area contributed by atoms with Gasteiger partial charge in [0.15, 0.2) is 0 Å². The molecule has 0 saturated carbocycles. The molecule has 1 aliphatic heterocycles. The zero-order valence-corrected chi connectivity index (χ0v) is 11.0. The van der Waals surface area contributed by atoms with E-state index in [1.807, 2.05) is 7.05 Å². The quantitative estimate of drug-likeness (QED) is 0.659. The fourth-order valence-corrected chi connectivity index (χ4v) is 2.40. The van der Waals surface area contributed by atoms with Gasteiger partial charge in [-0.2, -0.15) is 0 Å². The normalized spacial score (nSPS) is 18.6. The largest absolute Gasteiger partial charge is 0.337 e. The molecule has 0 spiro atoms. The van der Waals surface area contributed by atoms with Gasteiger partial charge in [-0.05, 0) is 26.5 Å². The van der Waals surface area contributed by atoms with Gasteiger partial charge in [-0.1, -0.05) is 6.07 Å². The maximum atomic E-state index is 12.4. The highest BCUT2D eigenvalue weighted by atomic mass is 16.6. The topological polar surface area (TPSA) is 75.5 Å². The monoisotopic (exact) mass is 263 g/mol. The molecule has 6 heteroatoms. The number of likely N-dealkylation sites (N-methyl/N-ethyl adjacent to an activating group) is 1. The Labute approximate surface area is 111 Å². The molecule has 1 aromatic carbocycles. The van der Waals surface area contributed by atoms with Crippen molar-refractivity contribution >= 4 is 11.6 Å². The van der Waals surface area contributed by atoms with Crippen molar-refractivity contribution in [2.45, 2.75) is 19.4 Å². The highest BCUT2D eigenvalue weighted by molar-refractivity contribution is 5.96. The lowest BCUT2D eigenvalue weighted by molar-refractivity contribution is -0.385. The third kappa shape index (κ3) is 2.58. The molecule has 1 unspecified atom stereocenters. The number of amides is 1. The predicted octanol–water partition coefficient (Wildman–Crippen LogP) is 1.34. The van der Waals surface area contributed by atoms with Crippen LogP contribution in [0.15, 0.2) is 18.2 Å². The fourth-order valence-electron chi connectivity index (χ4n) is 2.40. The molecule has 1 atom stereocenters. The summed E-state index contributed by atoms with van der Waals surface area (Å²) in [6, 6.07) is 4.94. The molecular weight excluding hydrogens is 246 g/mol. The standard InChI is InChI=1S/C13H17N3O3/c1-9-11(4-3-5-12(9)16(18)19)13(17)15-7-6-10(8-15)14-2/h3-5,10,14H,6-8H2,1-2H3. The Balaban J connectivity index is 2.25. The predicted molar refractivity (Wildman–Crippen MR) is 71.2 cm³/mol. The van der Waals surface area contributed by atoms with Crippen molar-refractivity contribution < 1.29 is 9.72 Å². The number of carbonyl (C=O) groups is 1. The van der Waals surface area contributed by atoms with E-state index >= 15 is 0 Å². The van der Waals surface area contributed by atoms with Crippen LogP contribution in [0.1, 0.15) is 22.3 Å². The van der Waals surface area contributed by atoms with Crippen molar-refractivity contribution in [3.8, 4) is 0 Å². The lowest BCUT2D eigenvalue weighted by atomic mass is 10.1. The van der Waals surface area contributed by atoms with E-state index in [4.69, 9.17) is 0 Å². The number of nitro groups is 1. The molecule has 2 rings (SSSR count). The van der Waals surface area contributed by atoms with Crippen LogP contribution >= 0.6 is 0 Å². The zero-order chi connectivity index (χ0) is 14.0. The summed E-state index contributed by atoms with van der Waals surface area (Å²) in [5, 5.41) is 14.0. The van der Waals surface area contributed by atoms with Crippen LogP contribution in [0.2, 0.25) is 0 Å². The Bertz CT molecular complexity index is 516. The summed E-state index contributed by atoms with van der Waals surface area (Å²) >= 11 is 0. The first kappa shape index (κ1) is 13.5. The van der Waals surface area contributed by atoms with E-state index in [0.29, 0.717) is 30.3 Å². The first-order valence-corrected chi connectivity index (χ1v) is 6.25. The number of rotatable bonds is 3. The third-order valence-electron chi connectivity index (χ3n) is 3.62. The molecule has 0 bridgehead atoms. The minimum Gasteiger partial charge on any atom is -0.337 e. The van der Waals surface area contributed by atoms with Crippen molar-refractivity contribution in [2.75, 3.05) is 20.1 Å². The number of benzene rings is 1. The van der Waals surface area contributed by atoms with Gasteiger partial charge in [-0.15, -0.1) is 0 Å². The number of nitro benzene ring substituents is 1. The van der Waals surface area contributed by atoms with E-state index in [9.17, 15) is 14.9 Å². The zero-order valence-electron chi connectivity index (χ0n) is 11.0. The van der Waals surface area contributed by atoms with Crippen LogP contribution in [0.5, 0.6) is 0 Å². The molecule has 1 aromatic rings. The van der Waals surface area contributed by atoms with Crippen LogP contribution in [-0.4, -0.2) is 41.9 Å². The van der Waals surface area contributed by atoms with Crippen LogP contribution < -0.4 is 5.32 Å². The molecular formula is C13H17N3O3. The number of likely N-dealkylation sites (tertiary alicyclic amines) is 1. The summed E-state index contributed by atoms with van der Waals surface area (Å²) in [5.41, 5.74) is 0.853. The summed E-state index contributed by atoms with van der Waals surface area (Å²) in [5.74, 6) is -0.126. The Hall–Kier alpha value is -1.95. The molecule has 1 N–H and O–H groups in total. The van der Waals surface area contributed by atoms with Crippen LogP contribution in [0.4, 0.5) is 5.69 Å². The van der Waals surface area contributed by atoms with E-state index in [1.54, 1.807) is 24.0 Å². The molecule has 1 amide bonds. The average molecular weight is 263 g/mol. The van der Waals surface area contributed by atoms with E-state index < -0.39 is 4.92 Å². The minimum absolute atomic E-state index is 0.00443. The molecule has 6 nitrogen and oxygen atoms in total. The Morgan fingerprint density at radius 1 is 1.53 bits per heavy atom. The smallest absolute Gasteiger partial charge is 0.273 e. The number of hydrogen-bond acceptors (Lipinski definition) is 4. The molecule has 0 radical (unpaired) electrons. The average Bonchev–Trinajstić information content (AvgIpc) is 2.86. The third-order valence-corrected chi connectivity index (χ3v) is 3.62. The van der Waals surface area contributed by atoms with Crippen molar-refractivity contribution in [3.63, 3.8) is 0 Å². The van der Waals surface area contributed by atoms with Gasteiger partial charge in [-0.25, -0.2) is 0 Å². The second-order valence-electron chi connectivity index (χ2n) is 4.73. The van der Waals surface area contributed by atoms with Crippen molar-refractivity contribution in [3.05, 3.63) is 39.4 Å². The number of carbonyl (C=O) groups excluding carboxylic acids is 1. The van der Waals surface area contributed by atoms with Crippen LogP contribution in [0.25, 0.3) is 0 Å². The van der Waals surface area contributed by atoms with Crippen LogP contribution in [0, 0.1) is 17.0 Å². The second kappa shape index (κ2) is 5.36. The molecule has 102 valence electrons. The summed E-state index contributed by atoms with van der Waals surface area (Å²) < 4.78 is 0. The second-order valence-corrected chi connectivity index (χ2v) is 4.73. The molecule has 1 fully saturated rings. The van der Waals surface area contributed by atoms with Gasteiger partial charge in [0, 0.05) is 36.3 Å². The molecule has 1 heterocycles. The lowest BCUT2D eigenvalue weighted by Crippen LogP contribution is -2.33. The highest BCUT2D eigenvalue weighted by Crippen LogP contribution is 2.23. The number of nitrogens with zero attached hydrogens (tertiary/aromatic N) is 2. The molecule has 1 saturated heterocycles. The molecule has 19 heavy (non-hydrogen) atoms. The van der Waals surface area contributed by atoms with E-state index in [2.05, 4.69) is 5.32 Å². The number of hydrogen-bond donors (Lipinski definition) is 1.